The summed E-state index contributed by atoms with van der Waals surface area (Å²) < 4.78 is 5.35. The number of benzene rings is 3. The van der Waals surface area contributed by atoms with Crippen LogP contribution in [0.4, 0.5) is 5.69 Å². The van der Waals surface area contributed by atoms with E-state index in [4.69, 9.17) is 4.74 Å². The Morgan fingerprint density at radius 2 is 1.68 bits per heavy atom. The lowest BCUT2D eigenvalue weighted by molar-refractivity contribution is -0.914. The molecular weight excluding hydrogens is 308 g/mol. The molecule has 1 N–H and O–H groups in total. The van der Waals surface area contributed by atoms with Gasteiger partial charge in [-0.2, -0.15) is 0 Å². The molecule has 3 aromatic rings. The predicted octanol–water partition coefficient (Wildman–Crippen LogP) is 2.75. The molecule has 3 aromatic carbocycles. The second kappa shape index (κ2) is 7.16. The van der Waals surface area contributed by atoms with Crippen LogP contribution in [-0.4, -0.2) is 33.3 Å². The van der Waals surface area contributed by atoms with E-state index in [1.807, 2.05) is 6.07 Å². The lowest BCUT2D eigenvalue weighted by Crippen LogP contribution is -3.13. The highest BCUT2D eigenvalue weighted by atomic mass is 16.5. The molecule has 0 unspecified atom stereocenters. The smallest absolute Gasteiger partial charge is 0.120 e. The Bertz CT molecular complexity index is 848. The Labute approximate surface area is 149 Å². The van der Waals surface area contributed by atoms with Crippen molar-refractivity contribution in [3.63, 3.8) is 0 Å². The van der Waals surface area contributed by atoms with Crippen LogP contribution >= 0.6 is 0 Å². The molecule has 0 spiro atoms. The molecule has 128 valence electrons. The highest BCUT2D eigenvalue weighted by molar-refractivity contribution is 5.85. The van der Waals surface area contributed by atoms with E-state index < -0.39 is 0 Å². The van der Waals surface area contributed by atoms with Gasteiger partial charge in [0.2, 0.25) is 0 Å². The molecule has 3 nitrogen and oxygen atoms in total. The SMILES string of the molecule is COc1cccc(N2CC[NH+](Cc3cccc4ccccc34)CC2)c1. The van der Waals surface area contributed by atoms with Gasteiger partial charge >= 0.3 is 0 Å². The lowest BCUT2D eigenvalue weighted by Gasteiger charge is -2.34. The fourth-order valence-corrected chi connectivity index (χ4v) is 3.78. The van der Waals surface area contributed by atoms with Gasteiger partial charge in [0, 0.05) is 17.3 Å². The molecule has 0 saturated carbocycles. The molecule has 0 bridgehead atoms. The third-order valence-corrected chi connectivity index (χ3v) is 5.21. The number of anilines is 1. The van der Waals surface area contributed by atoms with Crippen molar-refractivity contribution in [2.45, 2.75) is 6.54 Å². The topological polar surface area (TPSA) is 16.9 Å². The summed E-state index contributed by atoms with van der Waals surface area (Å²) in [5.74, 6) is 0.933. The van der Waals surface area contributed by atoms with Gasteiger partial charge in [-0.3, -0.25) is 0 Å². The van der Waals surface area contributed by atoms with E-state index >= 15 is 0 Å². The first-order valence-corrected chi connectivity index (χ1v) is 9.03. The second-order valence-corrected chi connectivity index (χ2v) is 6.75. The van der Waals surface area contributed by atoms with Crippen LogP contribution in [0.25, 0.3) is 10.8 Å². The number of piperazine rings is 1. The van der Waals surface area contributed by atoms with Crippen LogP contribution in [0.3, 0.4) is 0 Å². The first-order chi connectivity index (χ1) is 12.3. The number of ether oxygens (including phenoxy) is 1. The van der Waals surface area contributed by atoms with Gasteiger partial charge in [-0.15, -0.1) is 0 Å². The van der Waals surface area contributed by atoms with Gasteiger partial charge in [0.25, 0.3) is 0 Å². The summed E-state index contributed by atoms with van der Waals surface area (Å²) in [7, 11) is 1.73. The number of methoxy groups -OCH3 is 1. The van der Waals surface area contributed by atoms with Crippen LogP contribution < -0.4 is 14.5 Å². The van der Waals surface area contributed by atoms with Crippen molar-refractivity contribution in [2.24, 2.45) is 0 Å². The number of nitrogens with one attached hydrogen (secondary N) is 1. The molecule has 0 aromatic heterocycles. The molecule has 25 heavy (non-hydrogen) atoms. The third kappa shape index (κ3) is 3.47. The van der Waals surface area contributed by atoms with Gasteiger partial charge in [0.05, 0.1) is 33.3 Å². The number of fused-ring (bicyclic) bond motifs is 1. The first kappa shape index (κ1) is 16.0. The van der Waals surface area contributed by atoms with Gasteiger partial charge in [-0.05, 0) is 22.9 Å². The molecule has 0 atom stereocenters. The summed E-state index contributed by atoms with van der Waals surface area (Å²) in [6.45, 7) is 5.62. The number of rotatable bonds is 4. The van der Waals surface area contributed by atoms with Crippen molar-refractivity contribution in [3.05, 3.63) is 72.3 Å². The molecular formula is C22H25N2O+. The molecule has 3 heteroatoms. The van der Waals surface area contributed by atoms with Crippen LogP contribution in [0.1, 0.15) is 5.56 Å². The number of nitrogens with zero attached hydrogens (tertiary/aromatic N) is 1. The average Bonchev–Trinajstić information content (AvgIpc) is 2.69. The van der Waals surface area contributed by atoms with Crippen molar-refractivity contribution in [2.75, 3.05) is 38.2 Å². The summed E-state index contributed by atoms with van der Waals surface area (Å²) >= 11 is 0. The first-order valence-electron chi connectivity index (χ1n) is 9.03. The summed E-state index contributed by atoms with van der Waals surface area (Å²) in [5, 5.41) is 2.74. The van der Waals surface area contributed by atoms with E-state index in [-0.39, 0.29) is 0 Å². The number of hydrogen-bond acceptors (Lipinski definition) is 2. The molecule has 1 saturated heterocycles. The largest absolute Gasteiger partial charge is 0.497 e. The van der Waals surface area contributed by atoms with Crippen LogP contribution in [0.5, 0.6) is 5.75 Å². The fourth-order valence-electron chi connectivity index (χ4n) is 3.78. The van der Waals surface area contributed by atoms with Gasteiger partial charge < -0.3 is 14.5 Å². The minimum atomic E-state index is 0.933. The normalized spacial score (nSPS) is 15.5. The standard InChI is InChI=1S/C22H24N2O/c1-25-21-10-5-9-20(16-21)24-14-12-23(13-15-24)17-19-8-4-7-18-6-2-3-11-22(18)19/h2-11,16H,12-15,17H2,1H3/p+1. The monoisotopic (exact) mass is 333 g/mol. The van der Waals surface area contributed by atoms with Gasteiger partial charge in [0.1, 0.15) is 12.3 Å². The molecule has 0 radical (unpaired) electrons. The van der Waals surface area contributed by atoms with Crippen molar-refractivity contribution in [1.29, 1.82) is 0 Å². The second-order valence-electron chi connectivity index (χ2n) is 6.75. The summed E-state index contributed by atoms with van der Waals surface area (Å²) in [4.78, 5) is 4.13. The maximum absolute atomic E-state index is 5.35. The van der Waals surface area contributed by atoms with Crippen LogP contribution in [0.15, 0.2) is 66.7 Å². The predicted molar refractivity (Wildman–Crippen MR) is 104 cm³/mol. The van der Waals surface area contributed by atoms with Crippen molar-refractivity contribution < 1.29 is 9.64 Å². The van der Waals surface area contributed by atoms with E-state index in [0.29, 0.717) is 0 Å². The maximum atomic E-state index is 5.35. The van der Waals surface area contributed by atoms with E-state index in [0.717, 1.165) is 25.4 Å². The molecule has 1 aliphatic heterocycles. The Morgan fingerprint density at radius 3 is 2.52 bits per heavy atom. The summed E-state index contributed by atoms with van der Waals surface area (Å²) in [6, 6.07) is 23.8. The highest BCUT2D eigenvalue weighted by Gasteiger charge is 2.21. The zero-order valence-corrected chi connectivity index (χ0v) is 14.7. The average molecular weight is 333 g/mol. The molecule has 1 heterocycles. The minimum absolute atomic E-state index is 0.933. The molecule has 0 amide bonds. The van der Waals surface area contributed by atoms with E-state index in [1.54, 1.807) is 12.0 Å². The lowest BCUT2D eigenvalue weighted by atomic mass is 10.0. The molecule has 0 aliphatic carbocycles. The minimum Gasteiger partial charge on any atom is -0.497 e. The van der Waals surface area contributed by atoms with Crippen LogP contribution in [0.2, 0.25) is 0 Å². The zero-order chi connectivity index (χ0) is 17.1. The molecule has 4 rings (SSSR count). The number of quaternary nitrogens is 1. The Morgan fingerprint density at radius 1 is 0.920 bits per heavy atom. The maximum Gasteiger partial charge on any atom is 0.120 e. The van der Waals surface area contributed by atoms with Crippen molar-refractivity contribution in [3.8, 4) is 5.75 Å². The number of hydrogen-bond donors (Lipinski definition) is 1. The van der Waals surface area contributed by atoms with E-state index in [1.165, 1.54) is 35.1 Å². The third-order valence-electron chi connectivity index (χ3n) is 5.21. The van der Waals surface area contributed by atoms with E-state index in [2.05, 4.69) is 65.6 Å². The molecule has 1 aliphatic rings. The van der Waals surface area contributed by atoms with E-state index in [9.17, 15) is 0 Å². The van der Waals surface area contributed by atoms with Crippen LogP contribution in [0, 0.1) is 0 Å². The highest BCUT2D eigenvalue weighted by Crippen LogP contribution is 2.21. The van der Waals surface area contributed by atoms with Crippen molar-refractivity contribution >= 4 is 16.5 Å². The van der Waals surface area contributed by atoms with Crippen LogP contribution in [-0.2, 0) is 6.54 Å². The summed E-state index contributed by atoms with van der Waals surface area (Å²) in [5.41, 5.74) is 2.73. The van der Waals surface area contributed by atoms with Gasteiger partial charge in [-0.1, -0.05) is 48.5 Å². The fraction of sp³-hybridized carbons (Fsp3) is 0.273. The zero-order valence-electron chi connectivity index (χ0n) is 14.7. The van der Waals surface area contributed by atoms with Gasteiger partial charge in [0.15, 0.2) is 0 Å². The van der Waals surface area contributed by atoms with Crippen molar-refractivity contribution in [1.82, 2.24) is 0 Å². The van der Waals surface area contributed by atoms with Gasteiger partial charge in [-0.25, -0.2) is 0 Å². The Hall–Kier alpha value is -2.52. The quantitative estimate of drug-likeness (QED) is 0.791. The Kier molecular flexibility index (Phi) is 4.57. The molecule has 1 fully saturated rings. The summed E-state index contributed by atoms with van der Waals surface area (Å²) in [6.07, 6.45) is 0. The Balaban J connectivity index is 1.43.